The summed E-state index contributed by atoms with van der Waals surface area (Å²) in [6.45, 7) is 4.21. The molecule has 1 heterocycles. The Hall–Kier alpha value is -3.59. The van der Waals surface area contributed by atoms with Gasteiger partial charge in [-0.25, -0.2) is 9.78 Å². The minimum absolute atomic E-state index is 0.311. The fourth-order valence-corrected chi connectivity index (χ4v) is 3.65. The van der Waals surface area contributed by atoms with Crippen molar-refractivity contribution in [2.24, 2.45) is 5.10 Å². The van der Waals surface area contributed by atoms with Crippen LogP contribution >= 0.6 is 11.3 Å². The first-order valence-corrected chi connectivity index (χ1v) is 10.7. The summed E-state index contributed by atoms with van der Waals surface area (Å²) < 4.78 is 22.0. The van der Waals surface area contributed by atoms with Crippen LogP contribution in [0.25, 0.3) is 0 Å². The number of nitrogens with zero attached hydrogens (tertiary/aromatic N) is 2. The van der Waals surface area contributed by atoms with E-state index in [0.29, 0.717) is 46.2 Å². The first-order valence-electron chi connectivity index (χ1n) is 9.92. The third-order valence-corrected chi connectivity index (χ3v) is 5.38. The lowest BCUT2D eigenvalue weighted by Gasteiger charge is -2.15. The highest BCUT2D eigenvalue weighted by molar-refractivity contribution is 7.17. The summed E-state index contributed by atoms with van der Waals surface area (Å²) in [4.78, 5) is 16.7. The quantitative estimate of drug-likeness (QED) is 0.270. The maximum atomic E-state index is 11.9. The Balaban J connectivity index is 1.73. The Bertz CT molecular complexity index is 1060. The lowest BCUT2D eigenvalue weighted by molar-refractivity contribution is 0.0531. The van der Waals surface area contributed by atoms with Gasteiger partial charge in [0.1, 0.15) is 11.5 Å². The molecule has 0 saturated carbocycles. The van der Waals surface area contributed by atoms with Crippen LogP contribution in [-0.4, -0.2) is 38.0 Å². The Labute approximate surface area is 190 Å². The predicted molar refractivity (Wildman–Crippen MR) is 124 cm³/mol. The van der Waals surface area contributed by atoms with Crippen molar-refractivity contribution in [2.45, 2.75) is 20.5 Å². The number of thiazole rings is 1. The topological polar surface area (TPSA) is 91.3 Å². The van der Waals surface area contributed by atoms with Gasteiger partial charge in [0.25, 0.3) is 0 Å². The number of nitrogens with one attached hydrogen (secondary N) is 1. The number of hydrogen-bond donors (Lipinski definition) is 1. The van der Waals surface area contributed by atoms with Crippen LogP contribution in [-0.2, 0) is 11.3 Å². The van der Waals surface area contributed by atoms with Crippen molar-refractivity contribution in [3.8, 4) is 17.2 Å². The van der Waals surface area contributed by atoms with Gasteiger partial charge in [0.2, 0.25) is 10.9 Å². The molecule has 0 fully saturated rings. The van der Waals surface area contributed by atoms with Crippen molar-refractivity contribution >= 4 is 28.7 Å². The fraction of sp³-hybridized carbons (Fsp3) is 0.261. The standard InChI is InChI=1S/C23H25N3O5S/c1-5-30-22(27)21-15(2)25-23(32-21)26-24-13-17-11-18(28-3)20(19(12-17)29-4)31-14-16-9-7-6-8-10-16/h6-13H,5,14H2,1-4H3,(H,25,26)/b24-13-. The van der Waals surface area contributed by atoms with Crippen LogP contribution in [0.4, 0.5) is 5.13 Å². The molecular formula is C23H25N3O5S. The number of methoxy groups -OCH3 is 2. The average molecular weight is 456 g/mol. The van der Waals surface area contributed by atoms with Crippen LogP contribution < -0.4 is 19.6 Å². The lowest BCUT2D eigenvalue weighted by Crippen LogP contribution is -2.03. The summed E-state index contributed by atoms with van der Waals surface area (Å²) in [6.07, 6.45) is 1.60. The van der Waals surface area contributed by atoms with E-state index in [-0.39, 0.29) is 5.97 Å². The highest BCUT2D eigenvalue weighted by Gasteiger charge is 2.16. The summed E-state index contributed by atoms with van der Waals surface area (Å²) in [5, 5.41) is 4.70. The number of hydrazone groups is 1. The Morgan fingerprint density at radius 3 is 2.47 bits per heavy atom. The highest BCUT2D eigenvalue weighted by atomic mass is 32.1. The maximum Gasteiger partial charge on any atom is 0.350 e. The summed E-state index contributed by atoms with van der Waals surface area (Å²) >= 11 is 1.19. The number of benzene rings is 2. The maximum absolute atomic E-state index is 11.9. The molecule has 0 amide bonds. The molecule has 0 aliphatic heterocycles. The van der Waals surface area contributed by atoms with Gasteiger partial charge in [0.15, 0.2) is 11.5 Å². The summed E-state index contributed by atoms with van der Waals surface area (Å²) in [7, 11) is 3.14. The van der Waals surface area contributed by atoms with E-state index >= 15 is 0 Å². The van der Waals surface area contributed by atoms with Gasteiger partial charge in [-0.2, -0.15) is 5.10 Å². The second-order valence-corrected chi connectivity index (χ2v) is 7.55. The van der Waals surface area contributed by atoms with Crippen molar-refractivity contribution in [3.63, 3.8) is 0 Å². The second-order valence-electron chi connectivity index (χ2n) is 6.55. The number of ether oxygens (including phenoxy) is 4. The third kappa shape index (κ3) is 5.76. The Morgan fingerprint density at radius 2 is 1.84 bits per heavy atom. The minimum atomic E-state index is -0.389. The molecule has 0 saturated heterocycles. The van der Waals surface area contributed by atoms with E-state index in [1.165, 1.54) is 11.3 Å². The van der Waals surface area contributed by atoms with Crippen molar-refractivity contribution in [1.82, 2.24) is 4.98 Å². The normalized spacial score (nSPS) is 10.8. The molecule has 3 aromatic rings. The largest absolute Gasteiger partial charge is 0.493 e. The molecule has 0 aliphatic carbocycles. The van der Waals surface area contributed by atoms with Gasteiger partial charge in [-0.3, -0.25) is 5.43 Å². The number of aryl methyl sites for hydroxylation is 1. The fourth-order valence-electron chi connectivity index (χ4n) is 2.84. The van der Waals surface area contributed by atoms with Crippen LogP contribution in [0.15, 0.2) is 47.6 Å². The van der Waals surface area contributed by atoms with Crippen molar-refractivity contribution in [1.29, 1.82) is 0 Å². The van der Waals surface area contributed by atoms with E-state index in [1.54, 1.807) is 46.4 Å². The number of anilines is 1. The van der Waals surface area contributed by atoms with E-state index in [9.17, 15) is 4.79 Å². The van der Waals surface area contributed by atoms with E-state index in [0.717, 1.165) is 11.1 Å². The van der Waals surface area contributed by atoms with Gasteiger partial charge >= 0.3 is 5.97 Å². The molecule has 168 valence electrons. The molecule has 1 N–H and O–H groups in total. The van der Waals surface area contributed by atoms with Crippen molar-refractivity contribution < 1.29 is 23.7 Å². The van der Waals surface area contributed by atoms with Gasteiger partial charge < -0.3 is 18.9 Å². The molecule has 0 aliphatic rings. The molecular weight excluding hydrogens is 430 g/mol. The van der Waals surface area contributed by atoms with Crippen LogP contribution in [0.3, 0.4) is 0 Å². The number of carbonyl (C=O) groups is 1. The molecule has 0 atom stereocenters. The molecule has 32 heavy (non-hydrogen) atoms. The Morgan fingerprint density at radius 1 is 1.16 bits per heavy atom. The van der Waals surface area contributed by atoms with Crippen LogP contribution in [0.5, 0.6) is 17.2 Å². The van der Waals surface area contributed by atoms with E-state index in [4.69, 9.17) is 18.9 Å². The molecule has 0 radical (unpaired) electrons. The van der Waals surface area contributed by atoms with E-state index < -0.39 is 0 Å². The third-order valence-electron chi connectivity index (χ3n) is 4.34. The number of carbonyl (C=O) groups excluding carboxylic acids is 1. The Kier molecular flexibility index (Phi) is 8.04. The van der Waals surface area contributed by atoms with Gasteiger partial charge in [-0.1, -0.05) is 41.7 Å². The first-order chi connectivity index (χ1) is 15.5. The predicted octanol–water partition coefficient (Wildman–Crippen LogP) is 4.67. The molecule has 1 aromatic heterocycles. The zero-order chi connectivity index (χ0) is 22.9. The number of rotatable bonds is 10. The molecule has 2 aromatic carbocycles. The van der Waals surface area contributed by atoms with Gasteiger partial charge in [-0.05, 0) is 31.5 Å². The van der Waals surface area contributed by atoms with Crippen LogP contribution in [0.2, 0.25) is 0 Å². The number of hydrogen-bond acceptors (Lipinski definition) is 9. The van der Waals surface area contributed by atoms with Gasteiger partial charge in [0.05, 0.1) is 32.7 Å². The lowest BCUT2D eigenvalue weighted by atomic mass is 10.2. The molecule has 0 unspecified atom stereocenters. The smallest absolute Gasteiger partial charge is 0.350 e. The zero-order valence-corrected chi connectivity index (χ0v) is 19.2. The van der Waals surface area contributed by atoms with Gasteiger partial charge in [0, 0.05) is 5.56 Å². The monoisotopic (exact) mass is 455 g/mol. The SMILES string of the molecule is CCOC(=O)c1sc(N/N=C\c2cc(OC)c(OCc3ccccc3)c(OC)c2)nc1C. The van der Waals surface area contributed by atoms with Crippen LogP contribution in [0, 0.1) is 6.92 Å². The molecule has 0 bridgehead atoms. The second kappa shape index (κ2) is 11.1. The van der Waals surface area contributed by atoms with E-state index in [1.807, 2.05) is 30.3 Å². The van der Waals surface area contributed by atoms with Crippen molar-refractivity contribution in [3.05, 3.63) is 64.2 Å². The molecule has 3 rings (SSSR count). The average Bonchev–Trinajstić information content (AvgIpc) is 3.18. The van der Waals surface area contributed by atoms with Gasteiger partial charge in [-0.15, -0.1) is 0 Å². The van der Waals surface area contributed by atoms with E-state index in [2.05, 4.69) is 15.5 Å². The molecule has 8 nitrogen and oxygen atoms in total. The summed E-state index contributed by atoms with van der Waals surface area (Å²) in [5.74, 6) is 1.17. The minimum Gasteiger partial charge on any atom is -0.493 e. The number of esters is 1. The first kappa shape index (κ1) is 23.1. The summed E-state index contributed by atoms with van der Waals surface area (Å²) in [6, 6.07) is 13.4. The summed E-state index contributed by atoms with van der Waals surface area (Å²) in [5.41, 5.74) is 5.20. The molecule has 0 spiro atoms. The zero-order valence-electron chi connectivity index (χ0n) is 18.4. The molecule has 9 heteroatoms. The highest BCUT2D eigenvalue weighted by Crippen LogP contribution is 2.38. The van der Waals surface area contributed by atoms with Crippen LogP contribution in [0.1, 0.15) is 33.4 Å². The van der Waals surface area contributed by atoms with Crippen molar-refractivity contribution in [2.75, 3.05) is 26.3 Å². The number of aromatic nitrogens is 1.